The van der Waals surface area contributed by atoms with E-state index in [1.54, 1.807) is 7.05 Å². The third kappa shape index (κ3) is 11.7. The van der Waals surface area contributed by atoms with Crippen molar-refractivity contribution in [3.05, 3.63) is 0 Å². The summed E-state index contributed by atoms with van der Waals surface area (Å²) in [5.41, 5.74) is 0. The van der Waals surface area contributed by atoms with Crippen molar-refractivity contribution in [1.29, 1.82) is 0 Å². The van der Waals surface area contributed by atoms with Gasteiger partial charge in [-0.3, -0.25) is 9.20 Å². The molecule has 0 fully saturated rings. The molecule has 0 aromatic carbocycles. The average Bonchev–Trinajstić information content (AvgIpc) is 2.38. The van der Waals surface area contributed by atoms with Crippen LogP contribution in [0.1, 0.15) is 41.0 Å². The van der Waals surface area contributed by atoms with E-state index in [1.807, 2.05) is 20.8 Å². The molecule has 0 heterocycles. The molecular formula is C15H33N3O2S. The number of ether oxygens (including phenoxy) is 1. The molecule has 0 radical (unpaired) electrons. The fraction of sp³-hybridized carbons (Fsp3) is 0.933. The first-order chi connectivity index (χ1) is 9.77. The number of hydrogen-bond donors (Lipinski definition) is 2. The molecule has 0 aromatic rings. The van der Waals surface area contributed by atoms with Crippen LogP contribution in [0.25, 0.3) is 0 Å². The Balaban J connectivity index is 3.71. The topological polar surface area (TPSA) is 62.7 Å². The standard InChI is InChI=1S/C15H33N3O2S/c1-13(2)7-10-20-11-8-17-14(16-6)18-9-12-21(19)15(3,4)5/h13H,7-12H2,1-6H3,(H2,16,17,18). The number of rotatable bonds is 9. The minimum atomic E-state index is -0.840. The Morgan fingerprint density at radius 2 is 1.81 bits per heavy atom. The second-order valence-electron chi connectivity index (χ2n) is 6.38. The highest BCUT2D eigenvalue weighted by Gasteiger charge is 2.18. The summed E-state index contributed by atoms with van der Waals surface area (Å²) in [5, 5.41) is 6.36. The fourth-order valence-corrected chi connectivity index (χ4v) is 2.35. The van der Waals surface area contributed by atoms with Gasteiger partial charge in [-0.15, -0.1) is 0 Å². The summed E-state index contributed by atoms with van der Waals surface area (Å²) in [6.07, 6.45) is 1.09. The Bertz CT molecular complexity index is 325. The van der Waals surface area contributed by atoms with E-state index in [0.717, 1.165) is 25.5 Å². The van der Waals surface area contributed by atoms with Gasteiger partial charge >= 0.3 is 0 Å². The van der Waals surface area contributed by atoms with Gasteiger partial charge < -0.3 is 15.4 Å². The molecule has 0 aliphatic carbocycles. The summed E-state index contributed by atoms with van der Waals surface area (Å²) in [6.45, 7) is 13.2. The number of nitrogens with one attached hydrogen (secondary N) is 2. The van der Waals surface area contributed by atoms with Crippen LogP contribution in [0.15, 0.2) is 4.99 Å². The van der Waals surface area contributed by atoms with Crippen molar-refractivity contribution in [2.45, 2.75) is 45.8 Å². The molecular weight excluding hydrogens is 286 g/mol. The number of nitrogens with zero attached hydrogens (tertiary/aromatic N) is 1. The summed E-state index contributed by atoms with van der Waals surface area (Å²) in [7, 11) is 0.892. The van der Waals surface area contributed by atoms with E-state index in [2.05, 4.69) is 29.5 Å². The largest absolute Gasteiger partial charge is 0.380 e. The van der Waals surface area contributed by atoms with Crippen molar-refractivity contribution in [2.24, 2.45) is 10.9 Å². The maximum Gasteiger partial charge on any atom is 0.191 e. The average molecular weight is 320 g/mol. The molecule has 2 N–H and O–H groups in total. The first-order valence-corrected chi connectivity index (χ1v) is 9.00. The van der Waals surface area contributed by atoms with Gasteiger partial charge in [-0.25, -0.2) is 0 Å². The lowest BCUT2D eigenvalue weighted by molar-refractivity contribution is 0.128. The Morgan fingerprint density at radius 1 is 1.19 bits per heavy atom. The maximum absolute atomic E-state index is 11.9. The monoisotopic (exact) mass is 319 g/mol. The Morgan fingerprint density at radius 3 is 2.33 bits per heavy atom. The third-order valence-electron chi connectivity index (χ3n) is 2.86. The predicted molar refractivity (Wildman–Crippen MR) is 92.4 cm³/mol. The van der Waals surface area contributed by atoms with Gasteiger partial charge in [0, 0.05) is 48.0 Å². The summed E-state index contributed by atoms with van der Waals surface area (Å²) >= 11 is 0. The van der Waals surface area contributed by atoms with Crippen molar-refractivity contribution < 1.29 is 8.95 Å². The molecule has 126 valence electrons. The van der Waals surface area contributed by atoms with Crippen molar-refractivity contribution in [3.8, 4) is 0 Å². The molecule has 0 bridgehead atoms. The molecule has 0 aliphatic heterocycles. The molecule has 21 heavy (non-hydrogen) atoms. The van der Waals surface area contributed by atoms with Gasteiger partial charge in [-0.05, 0) is 33.1 Å². The van der Waals surface area contributed by atoms with Crippen molar-refractivity contribution in [3.63, 3.8) is 0 Å². The molecule has 5 nitrogen and oxygen atoms in total. The minimum Gasteiger partial charge on any atom is -0.380 e. The summed E-state index contributed by atoms with van der Waals surface area (Å²) in [6, 6.07) is 0. The molecule has 0 saturated heterocycles. The smallest absolute Gasteiger partial charge is 0.191 e. The van der Waals surface area contributed by atoms with E-state index in [-0.39, 0.29) is 4.75 Å². The van der Waals surface area contributed by atoms with Gasteiger partial charge in [-0.2, -0.15) is 0 Å². The van der Waals surface area contributed by atoms with E-state index in [4.69, 9.17) is 4.74 Å². The SMILES string of the molecule is CN=C(NCCOCCC(C)C)NCCS(=O)C(C)(C)C. The predicted octanol–water partition coefficient (Wildman–Crippen LogP) is 1.76. The van der Waals surface area contributed by atoms with Crippen molar-refractivity contribution in [1.82, 2.24) is 10.6 Å². The Hall–Kier alpha value is -0.620. The third-order valence-corrected chi connectivity index (χ3v) is 4.81. The van der Waals surface area contributed by atoms with Gasteiger partial charge in [0.25, 0.3) is 0 Å². The van der Waals surface area contributed by atoms with Crippen molar-refractivity contribution in [2.75, 3.05) is 39.1 Å². The quantitative estimate of drug-likeness (QED) is 0.386. The molecule has 0 saturated carbocycles. The first-order valence-electron chi connectivity index (χ1n) is 7.68. The van der Waals surface area contributed by atoms with Gasteiger partial charge in [0.2, 0.25) is 0 Å². The second kappa shape index (κ2) is 11.0. The van der Waals surface area contributed by atoms with Crippen LogP contribution < -0.4 is 10.6 Å². The van der Waals surface area contributed by atoms with Crippen LogP contribution >= 0.6 is 0 Å². The van der Waals surface area contributed by atoms with Crippen LogP contribution in [0.4, 0.5) is 0 Å². The van der Waals surface area contributed by atoms with E-state index >= 15 is 0 Å². The molecule has 6 heteroatoms. The molecule has 1 unspecified atom stereocenters. The van der Waals surface area contributed by atoms with Crippen LogP contribution in [-0.4, -0.2) is 54.0 Å². The maximum atomic E-state index is 11.9. The van der Waals surface area contributed by atoms with Crippen LogP contribution in [-0.2, 0) is 15.5 Å². The van der Waals surface area contributed by atoms with Crippen molar-refractivity contribution >= 4 is 16.8 Å². The highest BCUT2D eigenvalue weighted by atomic mass is 32.2. The lowest BCUT2D eigenvalue weighted by Crippen LogP contribution is -2.41. The fourth-order valence-electron chi connectivity index (χ4n) is 1.45. The van der Waals surface area contributed by atoms with Crippen LogP contribution in [0.5, 0.6) is 0 Å². The van der Waals surface area contributed by atoms with Gasteiger partial charge in [-0.1, -0.05) is 13.8 Å². The van der Waals surface area contributed by atoms with Gasteiger partial charge in [0.05, 0.1) is 6.61 Å². The zero-order valence-corrected chi connectivity index (χ0v) is 15.3. The summed E-state index contributed by atoms with van der Waals surface area (Å²) < 4.78 is 17.3. The van der Waals surface area contributed by atoms with E-state index in [1.165, 1.54) is 0 Å². The van der Waals surface area contributed by atoms with Gasteiger partial charge in [0.15, 0.2) is 5.96 Å². The molecule has 0 spiro atoms. The van der Waals surface area contributed by atoms with E-state index in [9.17, 15) is 4.21 Å². The lowest BCUT2D eigenvalue weighted by Gasteiger charge is -2.18. The summed E-state index contributed by atoms with van der Waals surface area (Å²) in [5.74, 6) is 2.03. The van der Waals surface area contributed by atoms with E-state index < -0.39 is 10.8 Å². The molecule has 0 aromatic heterocycles. The van der Waals surface area contributed by atoms with E-state index in [0.29, 0.717) is 24.8 Å². The highest BCUT2D eigenvalue weighted by molar-refractivity contribution is 7.86. The number of hydrogen-bond acceptors (Lipinski definition) is 3. The minimum absolute atomic E-state index is 0.164. The normalized spacial score (nSPS) is 14.3. The Kier molecular flexibility index (Phi) is 10.7. The second-order valence-corrected chi connectivity index (χ2v) is 8.71. The van der Waals surface area contributed by atoms with Crippen LogP contribution in [0, 0.1) is 5.92 Å². The Labute approximate surface area is 132 Å². The molecule has 0 rings (SSSR count). The molecule has 0 amide bonds. The first kappa shape index (κ1) is 20.4. The number of aliphatic imine (C=N–C) groups is 1. The highest BCUT2D eigenvalue weighted by Crippen LogP contribution is 2.10. The summed E-state index contributed by atoms with van der Waals surface area (Å²) in [4.78, 5) is 4.13. The zero-order valence-electron chi connectivity index (χ0n) is 14.5. The van der Waals surface area contributed by atoms with Gasteiger partial charge in [0.1, 0.15) is 0 Å². The zero-order chi connectivity index (χ0) is 16.3. The molecule has 0 aliphatic rings. The van der Waals surface area contributed by atoms with Crippen LogP contribution in [0.3, 0.4) is 0 Å². The lowest BCUT2D eigenvalue weighted by atomic mass is 10.1. The van der Waals surface area contributed by atoms with Crippen LogP contribution in [0.2, 0.25) is 0 Å². The molecule has 1 atom stereocenters. The number of guanidine groups is 1.